The Labute approximate surface area is 171 Å². The molecule has 5 heteroatoms. The summed E-state index contributed by atoms with van der Waals surface area (Å²) in [5.41, 5.74) is 4.51. The van der Waals surface area contributed by atoms with Crippen LogP contribution in [-0.4, -0.2) is 14.1 Å². The lowest BCUT2D eigenvalue weighted by Gasteiger charge is -2.12. The van der Waals surface area contributed by atoms with Gasteiger partial charge in [-0.3, -0.25) is 10.1 Å². The van der Waals surface area contributed by atoms with Gasteiger partial charge in [0.1, 0.15) is 6.67 Å². The summed E-state index contributed by atoms with van der Waals surface area (Å²) in [6.07, 6.45) is 0. The third-order valence-electron chi connectivity index (χ3n) is 5.93. The van der Waals surface area contributed by atoms with Gasteiger partial charge < -0.3 is 9.13 Å². The first kappa shape index (κ1) is 16.8. The van der Waals surface area contributed by atoms with E-state index in [-0.39, 0.29) is 10.6 Å². The van der Waals surface area contributed by atoms with Crippen LogP contribution in [0.15, 0.2) is 91.0 Å². The molecule has 0 saturated heterocycles. The first-order valence-electron chi connectivity index (χ1n) is 9.84. The Hall–Kier alpha value is -4.12. The number of aromatic nitrogens is 2. The summed E-state index contributed by atoms with van der Waals surface area (Å²) in [6.45, 7) is 0.621. The highest BCUT2D eigenvalue weighted by atomic mass is 16.6. The number of hydrogen-bond acceptors (Lipinski definition) is 2. The summed E-state index contributed by atoms with van der Waals surface area (Å²) in [4.78, 5) is 11.0. The zero-order valence-electron chi connectivity index (χ0n) is 16.0. The van der Waals surface area contributed by atoms with Crippen molar-refractivity contribution in [2.45, 2.75) is 6.67 Å². The lowest BCUT2D eigenvalue weighted by molar-refractivity contribution is -0.384. The predicted octanol–water partition coefficient (Wildman–Crippen LogP) is 6.32. The Morgan fingerprint density at radius 3 is 1.53 bits per heavy atom. The fourth-order valence-corrected chi connectivity index (χ4v) is 4.60. The predicted molar refractivity (Wildman–Crippen MR) is 121 cm³/mol. The lowest BCUT2D eigenvalue weighted by Crippen LogP contribution is -2.07. The largest absolute Gasteiger partial charge is 0.322 e. The minimum Gasteiger partial charge on any atom is -0.322 e. The van der Waals surface area contributed by atoms with Gasteiger partial charge in [-0.2, -0.15) is 0 Å². The molecule has 0 aliphatic heterocycles. The van der Waals surface area contributed by atoms with E-state index >= 15 is 0 Å². The van der Waals surface area contributed by atoms with Gasteiger partial charge in [0, 0.05) is 33.7 Å². The van der Waals surface area contributed by atoms with Crippen molar-refractivity contribution in [2.24, 2.45) is 0 Å². The van der Waals surface area contributed by atoms with E-state index in [1.54, 1.807) is 12.1 Å². The van der Waals surface area contributed by atoms with E-state index in [0.29, 0.717) is 6.67 Å². The zero-order valence-corrected chi connectivity index (χ0v) is 16.0. The van der Waals surface area contributed by atoms with Crippen LogP contribution < -0.4 is 0 Å². The van der Waals surface area contributed by atoms with Gasteiger partial charge in [-0.05, 0) is 24.3 Å². The Morgan fingerprint density at radius 1 is 0.600 bits per heavy atom. The number of nitro groups is 1. The van der Waals surface area contributed by atoms with Gasteiger partial charge in [-0.1, -0.05) is 54.6 Å². The van der Waals surface area contributed by atoms with Crippen molar-refractivity contribution in [3.05, 3.63) is 101 Å². The monoisotopic (exact) mass is 391 g/mol. The number of nitro benzene ring substituents is 1. The van der Waals surface area contributed by atoms with E-state index < -0.39 is 0 Å². The van der Waals surface area contributed by atoms with Crippen molar-refractivity contribution < 1.29 is 4.92 Å². The highest BCUT2D eigenvalue weighted by Gasteiger charge is 2.16. The van der Waals surface area contributed by atoms with Crippen molar-refractivity contribution in [2.75, 3.05) is 0 Å². The highest BCUT2D eigenvalue weighted by molar-refractivity contribution is 6.10. The van der Waals surface area contributed by atoms with Gasteiger partial charge in [0.25, 0.3) is 5.69 Å². The summed E-state index contributed by atoms with van der Waals surface area (Å²) in [6, 6.07) is 30.1. The maximum absolute atomic E-state index is 11.3. The number of benzene rings is 4. The maximum Gasteiger partial charge on any atom is 0.270 e. The van der Waals surface area contributed by atoms with Crippen LogP contribution in [0.5, 0.6) is 0 Å². The molecule has 0 aliphatic carbocycles. The molecule has 144 valence electrons. The van der Waals surface area contributed by atoms with Crippen molar-refractivity contribution in [3.8, 4) is 0 Å². The molecule has 4 aromatic carbocycles. The van der Waals surface area contributed by atoms with Crippen molar-refractivity contribution in [1.82, 2.24) is 9.13 Å². The van der Waals surface area contributed by atoms with Gasteiger partial charge >= 0.3 is 0 Å². The molecule has 0 saturated carbocycles. The zero-order chi connectivity index (χ0) is 20.2. The van der Waals surface area contributed by atoms with Gasteiger partial charge in [-0.15, -0.1) is 0 Å². The molecular weight excluding hydrogens is 374 g/mol. The average molecular weight is 391 g/mol. The minimum absolute atomic E-state index is 0.113. The number of fused-ring (bicyclic) bond motifs is 6. The van der Waals surface area contributed by atoms with E-state index in [1.165, 1.54) is 21.8 Å². The Kier molecular flexibility index (Phi) is 3.47. The number of rotatable bonds is 3. The molecule has 5 nitrogen and oxygen atoms in total. The summed E-state index contributed by atoms with van der Waals surface area (Å²) >= 11 is 0. The standard InChI is InChI=1S/C25H17N3O2/c29-28(30)17-13-14-25-21(15-17)20-9-3-6-12-24(20)27(25)16-26-22-10-4-1-7-18(22)19-8-2-5-11-23(19)26/h1-15H,16H2. The molecule has 0 radical (unpaired) electrons. The molecule has 0 bridgehead atoms. The van der Waals surface area contributed by atoms with Gasteiger partial charge in [0.2, 0.25) is 0 Å². The molecule has 30 heavy (non-hydrogen) atoms. The van der Waals surface area contributed by atoms with Crippen molar-refractivity contribution in [3.63, 3.8) is 0 Å². The number of para-hydroxylation sites is 3. The molecule has 0 spiro atoms. The molecule has 0 unspecified atom stereocenters. The van der Waals surface area contributed by atoms with Crippen LogP contribution in [-0.2, 0) is 6.67 Å². The third kappa shape index (κ3) is 2.29. The van der Waals surface area contributed by atoms with Crippen LogP contribution in [0.2, 0.25) is 0 Å². The highest BCUT2D eigenvalue weighted by Crippen LogP contribution is 2.34. The van der Waals surface area contributed by atoms with Crippen LogP contribution in [0.25, 0.3) is 43.6 Å². The van der Waals surface area contributed by atoms with Crippen molar-refractivity contribution >= 4 is 49.3 Å². The lowest BCUT2D eigenvalue weighted by atomic mass is 10.1. The van der Waals surface area contributed by atoms with Crippen LogP contribution in [0.1, 0.15) is 0 Å². The first-order valence-corrected chi connectivity index (χ1v) is 9.84. The van der Waals surface area contributed by atoms with Crippen LogP contribution in [0.4, 0.5) is 5.69 Å². The second-order valence-corrected chi connectivity index (χ2v) is 7.51. The maximum atomic E-state index is 11.3. The fourth-order valence-electron chi connectivity index (χ4n) is 4.60. The molecule has 0 N–H and O–H groups in total. The normalized spacial score (nSPS) is 11.7. The fraction of sp³-hybridized carbons (Fsp3) is 0.0400. The van der Waals surface area contributed by atoms with E-state index in [2.05, 4.69) is 63.7 Å². The SMILES string of the molecule is O=[N+]([O-])c1ccc2c(c1)c1ccccc1n2Cn1c2ccccc2c2ccccc21. The quantitative estimate of drug-likeness (QED) is 0.262. The van der Waals surface area contributed by atoms with E-state index in [4.69, 9.17) is 0 Å². The molecular formula is C25H17N3O2. The van der Waals surface area contributed by atoms with E-state index in [0.717, 1.165) is 21.8 Å². The van der Waals surface area contributed by atoms with Crippen LogP contribution in [0.3, 0.4) is 0 Å². The Balaban J connectivity index is 1.67. The van der Waals surface area contributed by atoms with E-state index in [9.17, 15) is 10.1 Å². The Bertz CT molecular complexity index is 1550. The topological polar surface area (TPSA) is 53.0 Å². The molecule has 0 amide bonds. The summed E-state index contributed by atoms with van der Waals surface area (Å²) in [7, 11) is 0. The molecule has 2 heterocycles. The molecule has 0 atom stereocenters. The summed E-state index contributed by atoms with van der Waals surface area (Å²) < 4.78 is 4.56. The smallest absolute Gasteiger partial charge is 0.270 e. The molecule has 0 fully saturated rings. The molecule has 0 aliphatic rings. The number of non-ortho nitro benzene ring substituents is 1. The average Bonchev–Trinajstić information content (AvgIpc) is 3.27. The van der Waals surface area contributed by atoms with Gasteiger partial charge in [0.15, 0.2) is 0 Å². The summed E-state index contributed by atoms with van der Waals surface area (Å²) in [5, 5.41) is 15.7. The number of hydrogen-bond donors (Lipinski definition) is 0. The molecule has 6 rings (SSSR count). The number of nitrogens with zero attached hydrogens (tertiary/aromatic N) is 3. The first-order chi connectivity index (χ1) is 14.7. The molecule has 6 aromatic rings. The minimum atomic E-state index is -0.335. The van der Waals surface area contributed by atoms with Gasteiger partial charge in [-0.25, -0.2) is 0 Å². The third-order valence-corrected chi connectivity index (χ3v) is 5.93. The van der Waals surface area contributed by atoms with Crippen LogP contribution >= 0.6 is 0 Å². The van der Waals surface area contributed by atoms with Crippen molar-refractivity contribution in [1.29, 1.82) is 0 Å². The van der Waals surface area contributed by atoms with E-state index in [1.807, 2.05) is 24.3 Å². The Morgan fingerprint density at radius 2 is 1.03 bits per heavy atom. The molecule has 2 aromatic heterocycles. The van der Waals surface area contributed by atoms with Crippen LogP contribution in [0, 0.1) is 10.1 Å². The summed E-state index contributed by atoms with van der Waals surface area (Å²) in [5.74, 6) is 0. The second kappa shape index (κ2) is 6.19. The van der Waals surface area contributed by atoms with Gasteiger partial charge in [0.05, 0.1) is 27.0 Å². The second-order valence-electron chi connectivity index (χ2n) is 7.51.